The van der Waals surface area contributed by atoms with Crippen LogP contribution in [0.25, 0.3) is 0 Å². The molecule has 3 rings (SSSR count). The van der Waals surface area contributed by atoms with E-state index >= 15 is 0 Å². The molecule has 1 aromatic heterocycles. The van der Waals surface area contributed by atoms with E-state index in [0.29, 0.717) is 24.8 Å². The Kier molecular flexibility index (Phi) is 4.98. The SMILES string of the molecule is Cc1cnc(C(=O)N2CC[C@@H](COCc3ccccc3)C2)cn1. The quantitative estimate of drug-likeness (QED) is 0.851. The zero-order chi connectivity index (χ0) is 16.1. The summed E-state index contributed by atoms with van der Waals surface area (Å²) in [5.41, 5.74) is 2.41. The second-order valence-electron chi connectivity index (χ2n) is 5.95. The molecule has 1 saturated heterocycles. The van der Waals surface area contributed by atoms with Crippen LogP contribution in [0.3, 0.4) is 0 Å². The number of hydrogen-bond donors (Lipinski definition) is 0. The standard InChI is InChI=1S/C18H21N3O2/c1-14-9-20-17(10-19-14)18(22)21-8-7-16(11-21)13-23-12-15-5-3-2-4-6-15/h2-6,9-10,16H,7-8,11-13H2,1H3/t16-/m1/s1. The molecule has 120 valence electrons. The monoisotopic (exact) mass is 311 g/mol. The molecule has 0 bridgehead atoms. The molecule has 1 amide bonds. The number of benzene rings is 1. The average molecular weight is 311 g/mol. The topological polar surface area (TPSA) is 55.3 Å². The van der Waals surface area contributed by atoms with Gasteiger partial charge in [-0.25, -0.2) is 4.98 Å². The normalized spacial score (nSPS) is 17.4. The third kappa shape index (κ3) is 4.13. The lowest BCUT2D eigenvalue weighted by Gasteiger charge is -2.16. The van der Waals surface area contributed by atoms with Gasteiger partial charge in [0.25, 0.3) is 5.91 Å². The summed E-state index contributed by atoms with van der Waals surface area (Å²) in [6, 6.07) is 10.1. The third-order valence-electron chi connectivity index (χ3n) is 4.04. The first-order valence-corrected chi connectivity index (χ1v) is 7.92. The predicted octanol–water partition coefficient (Wildman–Crippen LogP) is 2.46. The number of aryl methyl sites for hydroxylation is 1. The molecular weight excluding hydrogens is 290 g/mol. The van der Waals surface area contributed by atoms with Crippen molar-refractivity contribution in [3.63, 3.8) is 0 Å². The van der Waals surface area contributed by atoms with Crippen molar-refractivity contribution in [2.75, 3.05) is 19.7 Å². The van der Waals surface area contributed by atoms with E-state index in [9.17, 15) is 4.79 Å². The molecule has 1 aliphatic heterocycles. The Hall–Kier alpha value is -2.27. The molecule has 1 fully saturated rings. The molecule has 23 heavy (non-hydrogen) atoms. The Labute approximate surface area is 136 Å². The van der Waals surface area contributed by atoms with E-state index in [1.165, 1.54) is 5.56 Å². The van der Waals surface area contributed by atoms with Gasteiger partial charge in [-0.3, -0.25) is 9.78 Å². The minimum atomic E-state index is -0.0388. The maximum atomic E-state index is 12.4. The molecule has 0 radical (unpaired) electrons. The highest BCUT2D eigenvalue weighted by Crippen LogP contribution is 2.19. The Morgan fingerprint density at radius 3 is 2.83 bits per heavy atom. The van der Waals surface area contributed by atoms with Crippen LogP contribution in [0, 0.1) is 12.8 Å². The molecule has 0 N–H and O–H groups in total. The van der Waals surface area contributed by atoms with E-state index < -0.39 is 0 Å². The molecule has 5 nitrogen and oxygen atoms in total. The Morgan fingerprint density at radius 2 is 2.09 bits per heavy atom. The molecular formula is C18H21N3O2. The van der Waals surface area contributed by atoms with Crippen molar-refractivity contribution in [2.24, 2.45) is 5.92 Å². The minimum Gasteiger partial charge on any atom is -0.376 e. The van der Waals surface area contributed by atoms with E-state index in [1.807, 2.05) is 30.0 Å². The zero-order valence-corrected chi connectivity index (χ0v) is 13.3. The summed E-state index contributed by atoms with van der Waals surface area (Å²) in [5, 5.41) is 0. The molecule has 1 aromatic carbocycles. The van der Waals surface area contributed by atoms with Crippen molar-refractivity contribution in [2.45, 2.75) is 20.0 Å². The third-order valence-corrected chi connectivity index (χ3v) is 4.04. The number of carbonyl (C=O) groups excluding carboxylic acids is 1. The van der Waals surface area contributed by atoms with Gasteiger partial charge in [-0.1, -0.05) is 30.3 Å². The summed E-state index contributed by atoms with van der Waals surface area (Å²) in [6.45, 7) is 4.64. The molecule has 2 aromatic rings. The van der Waals surface area contributed by atoms with Crippen LogP contribution in [0.2, 0.25) is 0 Å². The number of likely N-dealkylation sites (tertiary alicyclic amines) is 1. The Balaban J connectivity index is 1.46. The van der Waals surface area contributed by atoms with Crippen molar-refractivity contribution in [3.05, 3.63) is 59.7 Å². The summed E-state index contributed by atoms with van der Waals surface area (Å²) in [4.78, 5) is 22.5. The summed E-state index contributed by atoms with van der Waals surface area (Å²) in [5.74, 6) is 0.351. The number of aromatic nitrogens is 2. The molecule has 5 heteroatoms. The van der Waals surface area contributed by atoms with Gasteiger partial charge in [0.05, 0.1) is 25.1 Å². The van der Waals surface area contributed by atoms with Crippen LogP contribution in [-0.4, -0.2) is 40.5 Å². The van der Waals surface area contributed by atoms with E-state index in [4.69, 9.17) is 4.74 Å². The largest absolute Gasteiger partial charge is 0.376 e. The summed E-state index contributed by atoms with van der Waals surface area (Å²) >= 11 is 0. The lowest BCUT2D eigenvalue weighted by atomic mass is 10.1. The van der Waals surface area contributed by atoms with Crippen LogP contribution in [-0.2, 0) is 11.3 Å². The second-order valence-corrected chi connectivity index (χ2v) is 5.95. The van der Waals surface area contributed by atoms with Gasteiger partial charge in [0.15, 0.2) is 0 Å². The maximum absolute atomic E-state index is 12.4. The maximum Gasteiger partial charge on any atom is 0.274 e. The van der Waals surface area contributed by atoms with E-state index in [-0.39, 0.29) is 5.91 Å². The van der Waals surface area contributed by atoms with Crippen molar-refractivity contribution >= 4 is 5.91 Å². The van der Waals surface area contributed by atoms with Crippen molar-refractivity contribution < 1.29 is 9.53 Å². The Bertz CT molecular complexity index is 643. The molecule has 2 heterocycles. The number of hydrogen-bond acceptors (Lipinski definition) is 4. The molecule has 0 spiro atoms. The van der Waals surface area contributed by atoms with E-state index in [2.05, 4.69) is 22.1 Å². The fourth-order valence-corrected chi connectivity index (χ4v) is 2.74. The number of carbonyl (C=O) groups is 1. The number of nitrogens with zero attached hydrogens (tertiary/aromatic N) is 3. The van der Waals surface area contributed by atoms with Gasteiger partial charge < -0.3 is 9.64 Å². The van der Waals surface area contributed by atoms with Gasteiger partial charge >= 0.3 is 0 Å². The van der Waals surface area contributed by atoms with Gasteiger partial charge in [-0.15, -0.1) is 0 Å². The second kappa shape index (κ2) is 7.33. The van der Waals surface area contributed by atoms with Crippen molar-refractivity contribution in [1.29, 1.82) is 0 Å². The van der Waals surface area contributed by atoms with Crippen LogP contribution < -0.4 is 0 Å². The van der Waals surface area contributed by atoms with Gasteiger partial charge in [0.1, 0.15) is 5.69 Å². The smallest absolute Gasteiger partial charge is 0.274 e. The molecule has 0 aliphatic carbocycles. The summed E-state index contributed by atoms with van der Waals surface area (Å²) < 4.78 is 5.79. The van der Waals surface area contributed by atoms with Crippen molar-refractivity contribution in [1.82, 2.24) is 14.9 Å². The van der Waals surface area contributed by atoms with Crippen molar-refractivity contribution in [3.8, 4) is 0 Å². The number of rotatable bonds is 5. The van der Waals surface area contributed by atoms with Crippen LogP contribution in [0.1, 0.15) is 28.2 Å². The molecule has 0 unspecified atom stereocenters. The molecule has 1 aliphatic rings. The van der Waals surface area contributed by atoms with Gasteiger partial charge in [0, 0.05) is 25.2 Å². The lowest BCUT2D eigenvalue weighted by molar-refractivity contribution is 0.0728. The Morgan fingerprint density at radius 1 is 1.26 bits per heavy atom. The van der Waals surface area contributed by atoms with Crippen LogP contribution in [0.5, 0.6) is 0 Å². The first kappa shape index (κ1) is 15.6. The van der Waals surface area contributed by atoms with Crippen LogP contribution in [0.4, 0.5) is 0 Å². The predicted molar refractivity (Wildman–Crippen MR) is 86.9 cm³/mol. The zero-order valence-electron chi connectivity index (χ0n) is 13.3. The molecule has 0 saturated carbocycles. The lowest BCUT2D eigenvalue weighted by Crippen LogP contribution is -2.30. The highest BCUT2D eigenvalue weighted by atomic mass is 16.5. The van der Waals surface area contributed by atoms with Gasteiger partial charge in [-0.05, 0) is 18.9 Å². The first-order chi connectivity index (χ1) is 11.2. The molecule has 1 atom stereocenters. The summed E-state index contributed by atoms with van der Waals surface area (Å²) in [7, 11) is 0. The van der Waals surface area contributed by atoms with E-state index in [1.54, 1.807) is 12.4 Å². The fourth-order valence-electron chi connectivity index (χ4n) is 2.74. The highest BCUT2D eigenvalue weighted by Gasteiger charge is 2.27. The van der Waals surface area contributed by atoms with Crippen LogP contribution in [0.15, 0.2) is 42.7 Å². The minimum absolute atomic E-state index is 0.0388. The fraction of sp³-hybridized carbons (Fsp3) is 0.389. The van der Waals surface area contributed by atoms with Gasteiger partial charge in [-0.2, -0.15) is 0 Å². The average Bonchev–Trinajstić information content (AvgIpc) is 3.05. The van der Waals surface area contributed by atoms with Gasteiger partial charge in [0.2, 0.25) is 0 Å². The summed E-state index contributed by atoms with van der Waals surface area (Å²) in [6.07, 6.45) is 4.15. The highest BCUT2D eigenvalue weighted by molar-refractivity contribution is 5.92. The van der Waals surface area contributed by atoms with Crippen LogP contribution >= 0.6 is 0 Å². The van der Waals surface area contributed by atoms with E-state index in [0.717, 1.165) is 25.2 Å². The number of ether oxygens (including phenoxy) is 1. The number of amides is 1. The first-order valence-electron chi connectivity index (χ1n) is 7.92.